The lowest BCUT2D eigenvalue weighted by Crippen LogP contribution is -2.03. The van der Waals surface area contributed by atoms with Gasteiger partial charge >= 0.3 is 0 Å². The van der Waals surface area contributed by atoms with Gasteiger partial charge in [0.1, 0.15) is 0 Å². The van der Waals surface area contributed by atoms with Crippen LogP contribution in [0.1, 0.15) is 12.5 Å². The van der Waals surface area contributed by atoms with Gasteiger partial charge in [0.25, 0.3) is 0 Å². The highest BCUT2D eigenvalue weighted by molar-refractivity contribution is 5.42. The molecule has 0 radical (unpaired) electrons. The number of aliphatic hydroxyl groups excluding tert-OH is 1. The highest BCUT2D eigenvalue weighted by Gasteiger charge is 2.05. The largest absolute Gasteiger partial charge is 0.493 e. The van der Waals surface area contributed by atoms with Crippen molar-refractivity contribution in [1.82, 2.24) is 0 Å². The molecule has 0 spiro atoms. The SMILES string of the molecule is CCOCOc1cc(CO)ccc1OC. The summed E-state index contributed by atoms with van der Waals surface area (Å²) in [6, 6.07) is 5.27. The van der Waals surface area contributed by atoms with E-state index in [1.54, 1.807) is 25.3 Å². The van der Waals surface area contributed by atoms with E-state index in [0.29, 0.717) is 18.1 Å². The van der Waals surface area contributed by atoms with Gasteiger partial charge < -0.3 is 19.3 Å². The van der Waals surface area contributed by atoms with Gasteiger partial charge in [-0.2, -0.15) is 0 Å². The molecule has 1 rings (SSSR count). The molecule has 15 heavy (non-hydrogen) atoms. The molecule has 1 aromatic rings. The number of aliphatic hydroxyl groups is 1. The summed E-state index contributed by atoms with van der Waals surface area (Å²) in [5.74, 6) is 1.21. The van der Waals surface area contributed by atoms with Gasteiger partial charge in [0, 0.05) is 6.61 Å². The minimum Gasteiger partial charge on any atom is -0.493 e. The predicted octanol–water partition coefficient (Wildman–Crippen LogP) is 1.56. The fourth-order valence-corrected chi connectivity index (χ4v) is 1.12. The van der Waals surface area contributed by atoms with Crippen LogP contribution in [0.15, 0.2) is 18.2 Å². The maximum Gasteiger partial charge on any atom is 0.189 e. The Morgan fingerprint density at radius 3 is 2.67 bits per heavy atom. The van der Waals surface area contributed by atoms with Gasteiger partial charge in [0.05, 0.1) is 13.7 Å². The normalized spacial score (nSPS) is 10.1. The fraction of sp³-hybridized carbons (Fsp3) is 0.455. The van der Waals surface area contributed by atoms with Crippen LogP contribution < -0.4 is 9.47 Å². The van der Waals surface area contributed by atoms with Crippen molar-refractivity contribution in [2.45, 2.75) is 13.5 Å². The lowest BCUT2D eigenvalue weighted by atomic mass is 10.2. The summed E-state index contributed by atoms with van der Waals surface area (Å²) in [6.07, 6.45) is 0. The highest BCUT2D eigenvalue weighted by atomic mass is 16.7. The lowest BCUT2D eigenvalue weighted by Gasteiger charge is -2.11. The Morgan fingerprint density at radius 2 is 2.07 bits per heavy atom. The molecule has 84 valence electrons. The Hall–Kier alpha value is -1.26. The lowest BCUT2D eigenvalue weighted by molar-refractivity contribution is 0.0208. The molecule has 1 N–H and O–H groups in total. The Labute approximate surface area is 89.4 Å². The second kappa shape index (κ2) is 6.27. The fourth-order valence-electron chi connectivity index (χ4n) is 1.12. The summed E-state index contributed by atoms with van der Waals surface area (Å²) in [5.41, 5.74) is 0.780. The standard InChI is InChI=1S/C11H16O4/c1-3-14-8-15-11-6-9(7-12)4-5-10(11)13-2/h4-6,12H,3,7-8H2,1-2H3. The van der Waals surface area contributed by atoms with E-state index < -0.39 is 0 Å². The molecular formula is C11H16O4. The molecule has 0 amide bonds. The third-order valence-corrected chi connectivity index (χ3v) is 1.91. The average molecular weight is 212 g/mol. The van der Waals surface area contributed by atoms with E-state index in [-0.39, 0.29) is 13.4 Å². The number of benzene rings is 1. The molecular weight excluding hydrogens is 196 g/mol. The first kappa shape index (κ1) is 11.8. The third-order valence-electron chi connectivity index (χ3n) is 1.91. The van der Waals surface area contributed by atoms with E-state index in [1.165, 1.54) is 0 Å². The molecule has 1 aromatic carbocycles. The minimum absolute atomic E-state index is 0.0189. The summed E-state index contributed by atoms with van der Waals surface area (Å²) in [6.45, 7) is 2.66. The summed E-state index contributed by atoms with van der Waals surface area (Å²) in [4.78, 5) is 0. The molecule has 0 aliphatic rings. The van der Waals surface area contributed by atoms with Crippen LogP contribution in [0.4, 0.5) is 0 Å². The molecule has 0 saturated carbocycles. The molecule has 0 heterocycles. The van der Waals surface area contributed by atoms with Gasteiger partial charge in [-0.05, 0) is 24.6 Å². The monoisotopic (exact) mass is 212 g/mol. The minimum atomic E-state index is -0.0189. The number of rotatable bonds is 6. The van der Waals surface area contributed by atoms with E-state index in [0.717, 1.165) is 5.56 Å². The topological polar surface area (TPSA) is 47.9 Å². The van der Waals surface area contributed by atoms with Crippen molar-refractivity contribution in [3.05, 3.63) is 23.8 Å². The first-order valence-corrected chi connectivity index (χ1v) is 4.80. The number of hydrogen-bond acceptors (Lipinski definition) is 4. The van der Waals surface area contributed by atoms with Crippen molar-refractivity contribution < 1.29 is 19.3 Å². The van der Waals surface area contributed by atoms with Gasteiger partial charge in [-0.1, -0.05) is 6.07 Å². The molecule has 0 bridgehead atoms. The average Bonchev–Trinajstić information content (AvgIpc) is 2.29. The molecule has 4 heteroatoms. The van der Waals surface area contributed by atoms with Crippen LogP contribution in [0.2, 0.25) is 0 Å². The molecule has 0 saturated heterocycles. The summed E-state index contributed by atoms with van der Waals surface area (Å²) in [7, 11) is 1.57. The number of hydrogen-bond donors (Lipinski definition) is 1. The molecule has 0 aliphatic carbocycles. The van der Waals surface area contributed by atoms with Crippen LogP contribution >= 0.6 is 0 Å². The van der Waals surface area contributed by atoms with Crippen LogP contribution in [-0.2, 0) is 11.3 Å². The van der Waals surface area contributed by atoms with E-state index in [9.17, 15) is 0 Å². The van der Waals surface area contributed by atoms with Crippen LogP contribution in [0, 0.1) is 0 Å². The summed E-state index contributed by atoms with van der Waals surface area (Å²) >= 11 is 0. The second-order valence-corrected chi connectivity index (χ2v) is 2.90. The highest BCUT2D eigenvalue weighted by Crippen LogP contribution is 2.27. The molecule has 0 fully saturated rings. The van der Waals surface area contributed by atoms with E-state index in [2.05, 4.69) is 0 Å². The molecule has 0 atom stereocenters. The van der Waals surface area contributed by atoms with Crippen LogP contribution in [-0.4, -0.2) is 25.6 Å². The van der Waals surface area contributed by atoms with E-state index in [4.69, 9.17) is 19.3 Å². The predicted molar refractivity (Wildman–Crippen MR) is 56.0 cm³/mol. The van der Waals surface area contributed by atoms with Crippen LogP contribution in [0.3, 0.4) is 0 Å². The maximum atomic E-state index is 8.97. The zero-order chi connectivity index (χ0) is 11.1. The zero-order valence-electron chi connectivity index (χ0n) is 9.03. The smallest absolute Gasteiger partial charge is 0.189 e. The van der Waals surface area contributed by atoms with Crippen molar-refractivity contribution in [2.75, 3.05) is 20.5 Å². The van der Waals surface area contributed by atoms with Gasteiger partial charge in [0.2, 0.25) is 0 Å². The van der Waals surface area contributed by atoms with Gasteiger partial charge in [-0.15, -0.1) is 0 Å². The van der Waals surface area contributed by atoms with Crippen molar-refractivity contribution in [1.29, 1.82) is 0 Å². The van der Waals surface area contributed by atoms with Crippen molar-refractivity contribution in [3.63, 3.8) is 0 Å². The first-order chi connectivity index (χ1) is 7.31. The second-order valence-electron chi connectivity index (χ2n) is 2.90. The van der Waals surface area contributed by atoms with Crippen molar-refractivity contribution in [2.24, 2.45) is 0 Å². The molecule has 0 unspecified atom stereocenters. The van der Waals surface area contributed by atoms with Crippen LogP contribution in [0.5, 0.6) is 11.5 Å². The van der Waals surface area contributed by atoms with Gasteiger partial charge in [-0.25, -0.2) is 0 Å². The molecule has 0 aromatic heterocycles. The number of methoxy groups -OCH3 is 1. The summed E-state index contributed by atoms with van der Waals surface area (Å²) in [5, 5.41) is 8.97. The Kier molecular flexibility index (Phi) is 4.93. The zero-order valence-corrected chi connectivity index (χ0v) is 9.03. The Morgan fingerprint density at radius 1 is 1.27 bits per heavy atom. The third kappa shape index (κ3) is 3.42. The Balaban J connectivity index is 2.72. The molecule has 0 aliphatic heterocycles. The number of ether oxygens (including phenoxy) is 3. The van der Waals surface area contributed by atoms with Crippen LogP contribution in [0.25, 0.3) is 0 Å². The van der Waals surface area contributed by atoms with E-state index >= 15 is 0 Å². The maximum absolute atomic E-state index is 8.97. The van der Waals surface area contributed by atoms with Gasteiger partial charge in [-0.3, -0.25) is 0 Å². The quantitative estimate of drug-likeness (QED) is 0.574. The Bertz CT molecular complexity index is 299. The van der Waals surface area contributed by atoms with Gasteiger partial charge in [0.15, 0.2) is 18.3 Å². The van der Waals surface area contributed by atoms with Crippen molar-refractivity contribution in [3.8, 4) is 11.5 Å². The first-order valence-electron chi connectivity index (χ1n) is 4.80. The molecule has 4 nitrogen and oxygen atoms in total. The van der Waals surface area contributed by atoms with Crippen molar-refractivity contribution >= 4 is 0 Å². The van der Waals surface area contributed by atoms with E-state index in [1.807, 2.05) is 6.92 Å². The summed E-state index contributed by atoms with van der Waals surface area (Å²) < 4.78 is 15.5.